The molecule has 0 spiro atoms. The van der Waals surface area contributed by atoms with E-state index in [1.165, 1.54) is 0 Å². The van der Waals surface area contributed by atoms with Gasteiger partial charge in [0.1, 0.15) is 5.41 Å². The highest BCUT2D eigenvalue weighted by molar-refractivity contribution is 6.07. The fraction of sp³-hybridized carbons (Fsp3) is 0.741. The Kier molecular flexibility index (Phi) is 4.66. The predicted octanol–water partition coefficient (Wildman–Crippen LogP) is 5.46. The maximum atomic E-state index is 13.4. The van der Waals surface area contributed by atoms with Gasteiger partial charge in [-0.15, -0.1) is 0 Å². The van der Waals surface area contributed by atoms with Crippen molar-refractivity contribution in [3.05, 3.63) is 23.3 Å². The van der Waals surface area contributed by atoms with Crippen molar-refractivity contribution < 1.29 is 19.1 Å². The van der Waals surface area contributed by atoms with Crippen LogP contribution in [0.25, 0.3) is 0 Å². The van der Waals surface area contributed by atoms with Gasteiger partial charge >= 0.3 is 5.97 Å². The summed E-state index contributed by atoms with van der Waals surface area (Å²) in [4.78, 5) is 40.1. The third-order valence-corrected chi connectivity index (χ3v) is 10.4. The molecule has 4 bridgehead atoms. The van der Waals surface area contributed by atoms with Crippen molar-refractivity contribution in [1.82, 2.24) is 0 Å². The minimum atomic E-state index is -1.13. The molecule has 4 heteroatoms. The second-order valence-corrected chi connectivity index (χ2v) is 12.2. The normalized spacial score (nSPS) is 41.9. The first-order valence-corrected chi connectivity index (χ1v) is 11.9. The van der Waals surface area contributed by atoms with Gasteiger partial charge in [-0.25, -0.2) is 0 Å². The topological polar surface area (TPSA) is 60.4 Å². The van der Waals surface area contributed by atoms with Crippen molar-refractivity contribution in [3.8, 4) is 0 Å². The summed E-state index contributed by atoms with van der Waals surface area (Å²) < 4.78 is 5.46. The molecule has 0 aromatic rings. The number of hydrogen-bond acceptors (Lipinski definition) is 4. The third-order valence-electron chi connectivity index (χ3n) is 10.4. The average molecular weight is 427 g/mol. The van der Waals surface area contributed by atoms with Gasteiger partial charge in [0.25, 0.3) is 0 Å². The smallest absolute Gasteiger partial charge is 0.319 e. The number of ether oxygens (including phenoxy) is 1. The fourth-order valence-electron chi connectivity index (χ4n) is 7.28. The van der Waals surface area contributed by atoms with Gasteiger partial charge < -0.3 is 4.74 Å². The highest BCUT2D eigenvalue weighted by Gasteiger charge is 2.66. The molecular formula is C27H38O4. The molecule has 4 aliphatic carbocycles. The maximum absolute atomic E-state index is 13.4. The van der Waals surface area contributed by atoms with E-state index < -0.39 is 5.41 Å². The first kappa shape index (κ1) is 22.5. The van der Waals surface area contributed by atoms with Crippen molar-refractivity contribution in [2.24, 2.45) is 38.9 Å². The molecule has 0 aromatic heterocycles. The third kappa shape index (κ3) is 2.57. The molecule has 4 unspecified atom stereocenters. The molecule has 0 radical (unpaired) electrons. The molecule has 0 amide bonds. The predicted molar refractivity (Wildman–Crippen MR) is 120 cm³/mol. The van der Waals surface area contributed by atoms with Crippen LogP contribution < -0.4 is 0 Å². The summed E-state index contributed by atoms with van der Waals surface area (Å²) >= 11 is 0. The first-order valence-electron chi connectivity index (χ1n) is 11.9. The van der Waals surface area contributed by atoms with Crippen LogP contribution in [0.5, 0.6) is 0 Å². The van der Waals surface area contributed by atoms with Crippen LogP contribution in [0.4, 0.5) is 0 Å². The number of Topliss-reactive ketones (excluding diaryl/α,β-unsaturated/α-hetero) is 2. The summed E-state index contributed by atoms with van der Waals surface area (Å²) in [6.45, 7) is 16.7. The average Bonchev–Trinajstić information content (AvgIpc) is 3.16. The van der Waals surface area contributed by atoms with Crippen LogP contribution in [-0.2, 0) is 19.1 Å². The van der Waals surface area contributed by atoms with E-state index in [0.29, 0.717) is 0 Å². The molecule has 0 saturated heterocycles. The lowest BCUT2D eigenvalue weighted by Gasteiger charge is -2.31. The molecule has 4 nitrogen and oxygen atoms in total. The summed E-state index contributed by atoms with van der Waals surface area (Å²) in [6, 6.07) is 0. The molecule has 0 aromatic carbocycles. The largest absolute Gasteiger partial charge is 0.465 e. The van der Waals surface area contributed by atoms with Crippen LogP contribution in [0.15, 0.2) is 23.3 Å². The molecule has 31 heavy (non-hydrogen) atoms. The zero-order valence-corrected chi connectivity index (χ0v) is 20.5. The Bertz CT molecular complexity index is 869. The Morgan fingerprint density at radius 1 is 0.903 bits per heavy atom. The van der Waals surface area contributed by atoms with Gasteiger partial charge in [-0.2, -0.15) is 0 Å². The van der Waals surface area contributed by atoms with Gasteiger partial charge in [-0.1, -0.05) is 53.7 Å². The van der Waals surface area contributed by atoms with E-state index in [1.807, 2.05) is 19.1 Å². The summed E-state index contributed by atoms with van der Waals surface area (Å²) in [5.41, 5.74) is -0.639. The number of rotatable bonds is 4. The highest BCUT2D eigenvalue weighted by Crippen LogP contribution is 2.67. The highest BCUT2D eigenvalue weighted by atomic mass is 16.5. The minimum Gasteiger partial charge on any atom is -0.465 e. The Hall–Kier alpha value is -1.71. The molecular weight excluding hydrogens is 388 g/mol. The number of allylic oxidation sites excluding steroid dienone is 2. The fourth-order valence-corrected chi connectivity index (χ4v) is 7.28. The lowest BCUT2D eigenvalue weighted by atomic mass is 9.70. The van der Waals surface area contributed by atoms with Crippen molar-refractivity contribution >= 4 is 17.5 Å². The minimum absolute atomic E-state index is 0.129. The molecule has 0 N–H and O–H groups in total. The number of carbonyl (C=O) groups is 3. The molecule has 4 fully saturated rings. The van der Waals surface area contributed by atoms with E-state index >= 15 is 0 Å². The Morgan fingerprint density at radius 3 is 1.58 bits per heavy atom. The van der Waals surface area contributed by atoms with Crippen LogP contribution in [0.2, 0.25) is 0 Å². The Balaban J connectivity index is 1.83. The van der Waals surface area contributed by atoms with E-state index in [1.54, 1.807) is 6.92 Å². The monoisotopic (exact) mass is 426 g/mol. The van der Waals surface area contributed by atoms with E-state index in [4.69, 9.17) is 4.74 Å². The Morgan fingerprint density at radius 2 is 1.29 bits per heavy atom. The van der Waals surface area contributed by atoms with Gasteiger partial charge in [0.15, 0.2) is 11.6 Å². The number of fused-ring (bicyclic) bond motifs is 4. The lowest BCUT2D eigenvalue weighted by Crippen LogP contribution is -2.33. The molecule has 4 aliphatic rings. The van der Waals surface area contributed by atoms with Gasteiger partial charge in [0, 0.05) is 10.8 Å². The zero-order valence-electron chi connectivity index (χ0n) is 20.5. The van der Waals surface area contributed by atoms with E-state index in [-0.39, 0.29) is 57.6 Å². The van der Waals surface area contributed by atoms with Crippen molar-refractivity contribution in [2.75, 3.05) is 6.61 Å². The quantitative estimate of drug-likeness (QED) is 0.442. The zero-order chi connectivity index (χ0) is 23.2. The number of carbonyl (C=O) groups excluding carboxylic acids is 3. The van der Waals surface area contributed by atoms with Crippen LogP contribution in [0, 0.1) is 38.9 Å². The van der Waals surface area contributed by atoms with Crippen molar-refractivity contribution in [2.45, 2.75) is 81.1 Å². The summed E-state index contributed by atoms with van der Waals surface area (Å²) in [5, 5.41) is 0. The molecule has 4 atom stereocenters. The summed E-state index contributed by atoms with van der Waals surface area (Å²) in [5.74, 6) is 0.221. The van der Waals surface area contributed by atoms with Crippen LogP contribution in [0.3, 0.4) is 0 Å². The van der Waals surface area contributed by atoms with Crippen LogP contribution in [0.1, 0.15) is 81.1 Å². The number of esters is 1. The SMILES string of the molecule is CCOC(=O)C(C)(/C=C1\C(=O)C2(C)CCC1C2(C)C)/C=C1\C(=O)C2(C)CCC1C2(C)C. The summed E-state index contributed by atoms with van der Waals surface area (Å²) in [6.07, 6.45) is 7.42. The van der Waals surface area contributed by atoms with Crippen molar-refractivity contribution in [1.29, 1.82) is 0 Å². The number of ketones is 2. The summed E-state index contributed by atoms with van der Waals surface area (Å²) in [7, 11) is 0. The van der Waals surface area contributed by atoms with E-state index in [2.05, 4.69) is 41.5 Å². The molecule has 0 heterocycles. The maximum Gasteiger partial charge on any atom is 0.319 e. The Labute approximate surface area is 186 Å². The molecule has 4 saturated carbocycles. The standard InChI is InChI=1S/C27H38O4/c1-9-31-22(30)25(6,14-16-18-10-12-26(7,20(16)28)23(18,2)3)15-17-19-11-13-27(8,21(17)29)24(19,4)5/h14-15,18-19H,9-13H2,1-8H3/b16-14-,17-15-. The van der Waals surface area contributed by atoms with E-state index in [0.717, 1.165) is 36.8 Å². The van der Waals surface area contributed by atoms with Gasteiger partial charge in [-0.05, 0) is 73.3 Å². The molecule has 0 aliphatic heterocycles. The lowest BCUT2D eigenvalue weighted by molar-refractivity contribution is -0.149. The first-order chi connectivity index (χ1) is 14.2. The molecule has 4 rings (SSSR count). The molecule has 170 valence electrons. The van der Waals surface area contributed by atoms with Gasteiger partial charge in [0.2, 0.25) is 0 Å². The van der Waals surface area contributed by atoms with Crippen LogP contribution in [-0.4, -0.2) is 24.1 Å². The van der Waals surface area contributed by atoms with E-state index in [9.17, 15) is 14.4 Å². The van der Waals surface area contributed by atoms with Gasteiger partial charge in [0.05, 0.1) is 6.61 Å². The number of hydrogen-bond donors (Lipinski definition) is 0. The van der Waals surface area contributed by atoms with Crippen molar-refractivity contribution in [3.63, 3.8) is 0 Å². The second kappa shape index (κ2) is 6.42. The van der Waals surface area contributed by atoms with Crippen LogP contribution >= 0.6 is 0 Å². The van der Waals surface area contributed by atoms with Gasteiger partial charge in [-0.3, -0.25) is 14.4 Å². The second-order valence-electron chi connectivity index (χ2n) is 12.2.